The Bertz CT molecular complexity index is 5410. The molecule has 11 heterocycles. The fraction of sp³-hybridized carbons (Fsp3) is 0.532. The van der Waals surface area contributed by atoms with Crippen LogP contribution in [0.2, 0.25) is 0 Å². The molecule has 124 heavy (non-hydrogen) atoms. The van der Waals surface area contributed by atoms with Crippen molar-refractivity contribution >= 4 is 121 Å². The summed E-state index contributed by atoms with van der Waals surface area (Å²) in [7, 11) is 7.86. The molecule has 1 saturated heterocycles. The second kappa shape index (κ2) is 38.7. The van der Waals surface area contributed by atoms with Gasteiger partial charge in [0.15, 0.2) is 0 Å². The highest BCUT2D eigenvalue weighted by molar-refractivity contribution is 6.10. The van der Waals surface area contributed by atoms with Gasteiger partial charge in [0.1, 0.15) is 0 Å². The van der Waals surface area contributed by atoms with Gasteiger partial charge in [0.2, 0.25) is 5.91 Å². The molecule has 1 amide bonds. The number of esters is 7. The monoisotopic (exact) mass is 1700 g/mol. The molecule has 1 fully saturated rings. The van der Waals surface area contributed by atoms with Crippen LogP contribution in [-0.4, -0.2) is 191 Å². The van der Waals surface area contributed by atoms with E-state index in [0.29, 0.717) is 88.3 Å². The van der Waals surface area contributed by atoms with E-state index >= 15 is 4.79 Å². The number of nitrogens with zero attached hydrogens (tertiary/aromatic N) is 8. The zero-order valence-electron chi connectivity index (χ0n) is 74.9. The number of carbonyl (C=O) groups excluding carboxylic acids is 8. The van der Waals surface area contributed by atoms with Gasteiger partial charge in [0, 0.05) is 158 Å². The van der Waals surface area contributed by atoms with E-state index in [1.165, 1.54) is 42.7 Å². The molecule has 16 bridgehead atoms. The highest BCUT2D eigenvalue weighted by Gasteiger charge is 2.67. The summed E-state index contributed by atoms with van der Waals surface area (Å²) in [5.74, 6) is -7.36. The minimum Gasteiger partial charge on any atom is -0.481 e. The molecule has 0 spiro atoms. The van der Waals surface area contributed by atoms with Gasteiger partial charge in [-0.3, -0.25) is 58.1 Å². The summed E-state index contributed by atoms with van der Waals surface area (Å²) in [4.78, 5) is 157. The first-order valence-electron chi connectivity index (χ1n) is 42.5. The third-order valence-electron chi connectivity index (χ3n) is 27.3. The summed E-state index contributed by atoms with van der Waals surface area (Å²) in [6, 6.07) is 7.10. The maximum Gasteiger partial charge on any atom is 0.306 e. The highest BCUT2D eigenvalue weighted by atomic mass is 16.5. The fourth-order valence-corrected chi connectivity index (χ4v) is 19.7. The van der Waals surface area contributed by atoms with Crippen molar-refractivity contribution < 1.29 is 86.2 Å². The van der Waals surface area contributed by atoms with E-state index in [1.807, 2.05) is 120 Å². The van der Waals surface area contributed by atoms with Crippen molar-refractivity contribution in [3.63, 3.8) is 0 Å². The standard InChI is InChI=1S/C94H120N12O18/c1-21-58-51(3)66-43-67-54(6)61(26-31-77(108)109)73(98-67)46-72-60(53(5)69(99-72)45-71-59(22-2)52(4)68(97-71)44-70(58)96-66)25-30-76(107)95-37-40-123-41-38-106-50-57(104-105-106)24-23-39-124-84(116)48-92(12)62(27-32-78(110)117-15)74-47-75-90(9,10)63(28-33-79(111)118-16)85(101-75)55(7)87-91(11,36-35-81(113)120-18)65(42-82(114)121-19)89(102-87)94(14)93(13,49-83(115)122-20)64(29-34-80(112)119-17)86(103-94)56(8)88(92)100-74/h21-22,43-47,50,62-65,89,96,99,102H,1-2,23-42,48-49H2,3-20H3,(H,95,107)(H,108,109)/b66-43?,67-43?,68-44?,69-45?,70-44?,71-45?,72-46?,73-46?,75-47-,87-55-,88-56-/t62-,63-,64-,65+,89?,91-,92+,93+,94+/m1/s1. The number of carboxylic acids is 1. The third kappa shape index (κ3) is 18.9. The van der Waals surface area contributed by atoms with Gasteiger partial charge in [-0.15, -0.1) is 5.10 Å². The average molecular weight is 1710 g/mol. The average Bonchev–Trinajstić information content (AvgIpc) is 1.52. The molecule has 4 aromatic rings. The van der Waals surface area contributed by atoms with Crippen molar-refractivity contribution in [1.29, 1.82) is 0 Å². The van der Waals surface area contributed by atoms with Crippen LogP contribution in [0.25, 0.3) is 50.4 Å². The molecule has 9 atom stereocenters. The Hall–Kier alpha value is -11.6. The first kappa shape index (κ1) is 93.1. The number of aryl methyl sites for hydroxylation is 4. The molecule has 0 saturated carbocycles. The number of aromatic amines is 2. The molecule has 30 nitrogen and oxygen atoms in total. The van der Waals surface area contributed by atoms with Gasteiger partial charge in [-0.05, 0) is 175 Å². The molecule has 1 unspecified atom stereocenters. The number of aliphatic imine (C=N–C) groups is 3. The normalized spacial score (nSPS) is 24.6. The number of carboxylic acid groups (broad SMARTS) is 1. The molecule has 0 aliphatic carbocycles. The van der Waals surface area contributed by atoms with Crippen LogP contribution in [0.4, 0.5) is 0 Å². The molecule has 664 valence electrons. The van der Waals surface area contributed by atoms with Crippen molar-refractivity contribution in [2.75, 3.05) is 69.0 Å². The number of H-pyrrole nitrogens is 2. The van der Waals surface area contributed by atoms with Crippen LogP contribution in [0.3, 0.4) is 0 Å². The molecule has 0 radical (unpaired) electrons. The van der Waals surface area contributed by atoms with Crippen molar-refractivity contribution in [2.24, 2.45) is 60.3 Å². The summed E-state index contributed by atoms with van der Waals surface area (Å²) < 4.78 is 45.9. The quantitative estimate of drug-likeness (QED) is 0.0160. The van der Waals surface area contributed by atoms with Crippen molar-refractivity contribution in [3.8, 4) is 0 Å². The van der Waals surface area contributed by atoms with Gasteiger partial charge >= 0.3 is 47.8 Å². The molecule has 0 aromatic carbocycles. The topological polar surface area (TPSA) is 397 Å². The molecule has 11 rings (SSSR count). The number of allylic oxidation sites excluding steroid dienone is 11. The number of aliphatic carboxylic acids is 1. The molecular formula is C94H120N12O18. The maximum absolute atomic E-state index is 15.0. The van der Waals surface area contributed by atoms with E-state index in [9.17, 15) is 43.5 Å². The van der Waals surface area contributed by atoms with E-state index in [4.69, 9.17) is 62.8 Å². The van der Waals surface area contributed by atoms with Crippen molar-refractivity contribution in [2.45, 2.75) is 210 Å². The number of amides is 1. The van der Waals surface area contributed by atoms with Crippen LogP contribution < -0.4 is 10.6 Å². The van der Waals surface area contributed by atoms with Crippen LogP contribution in [0.1, 0.15) is 216 Å². The Morgan fingerprint density at radius 3 is 1.84 bits per heavy atom. The van der Waals surface area contributed by atoms with Gasteiger partial charge < -0.3 is 63.6 Å². The lowest BCUT2D eigenvalue weighted by atomic mass is 9.56. The fourth-order valence-electron chi connectivity index (χ4n) is 19.7. The van der Waals surface area contributed by atoms with Crippen LogP contribution in [0.5, 0.6) is 0 Å². The Labute approximate surface area is 723 Å². The number of hydrogen-bond donors (Lipinski definition) is 5. The number of hydrogen-bond acceptors (Lipinski definition) is 25. The molecule has 7 aliphatic heterocycles. The number of rotatable bonds is 36. The Kier molecular flexibility index (Phi) is 29.1. The first-order chi connectivity index (χ1) is 58.9. The summed E-state index contributed by atoms with van der Waals surface area (Å²) in [5, 5.41) is 25.5. The lowest BCUT2D eigenvalue weighted by Crippen LogP contribution is -2.58. The number of aromatic nitrogens is 7. The van der Waals surface area contributed by atoms with E-state index in [0.717, 1.165) is 78.0 Å². The van der Waals surface area contributed by atoms with Gasteiger partial charge in [0.25, 0.3) is 0 Å². The van der Waals surface area contributed by atoms with Gasteiger partial charge in [-0.1, -0.05) is 65.1 Å². The predicted octanol–water partition coefficient (Wildman–Crippen LogP) is 13.7. The lowest BCUT2D eigenvalue weighted by Gasteiger charge is -2.48. The Morgan fingerprint density at radius 2 is 1.19 bits per heavy atom. The van der Waals surface area contributed by atoms with Crippen molar-refractivity contribution in [3.05, 3.63) is 135 Å². The highest BCUT2D eigenvalue weighted by Crippen LogP contribution is 2.63. The van der Waals surface area contributed by atoms with Crippen LogP contribution in [0.15, 0.2) is 99.0 Å². The number of fused-ring (bicyclic) bond motifs is 14. The molecule has 4 aromatic heterocycles. The molecule has 30 heteroatoms. The number of methoxy groups -OCH3 is 6. The second-order valence-electron chi connectivity index (χ2n) is 34.8. The number of ether oxygens (including phenoxy) is 8. The maximum atomic E-state index is 15.0. The van der Waals surface area contributed by atoms with E-state index in [1.54, 1.807) is 17.0 Å². The van der Waals surface area contributed by atoms with Crippen LogP contribution >= 0.6 is 0 Å². The predicted molar refractivity (Wildman–Crippen MR) is 470 cm³/mol. The number of nitrogens with one attached hydrogen (secondary N) is 4. The second-order valence-corrected chi connectivity index (χ2v) is 34.8. The molecule has 7 aliphatic rings. The van der Waals surface area contributed by atoms with Crippen molar-refractivity contribution in [1.82, 2.24) is 45.6 Å². The minimum atomic E-state index is -1.42. The smallest absolute Gasteiger partial charge is 0.306 e. The van der Waals surface area contributed by atoms with E-state index in [-0.39, 0.29) is 122 Å². The zero-order chi connectivity index (χ0) is 90.2. The van der Waals surface area contributed by atoms with Gasteiger partial charge in [-0.25, -0.2) is 14.6 Å². The van der Waals surface area contributed by atoms with Gasteiger partial charge in [-0.2, -0.15) is 0 Å². The summed E-state index contributed by atoms with van der Waals surface area (Å²) in [6.45, 7) is 33.0. The lowest BCUT2D eigenvalue weighted by molar-refractivity contribution is -0.147. The van der Waals surface area contributed by atoms with E-state index < -0.39 is 105 Å². The minimum absolute atomic E-state index is 0.0115. The Balaban J connectivity index is 0.818. The molecular weight excluding hydrogens is 1590 g/mol. The zero-order valence-corrected chi connectivity index (χ0v) is 74.9. The molecule has 5 N–H and O–H groups in total. The van der Waals surface area contributed by atoms with Crippen LogP contribution in [-0.2, 0) is 100 Å². The van der Waals surface area contributed by atoms with Crippen LogP contribution in [0, 0.1) is 59.2 Å². The summed E-state index contributed by atoms with van der Waals surface area (Å²) >= 11 is 0. The largest absolute Gasteiger partial charge is 0.481 e. The van der Waals surface area contributed by atoms with E-state index in [2.05, 4.69) is 44.1 Å². The third-order valence-corrected chi connectivity index (χ3v) is 27.3. The van der Waals surface area contributed by atoms with Gasteiger partial charge in [0.05, 0.1) is 134 Å². The summed E-state index contributed by atoms with van der Waals surface area (Å²) in [6.07, 6.45) is 8.59. The summed E-state index contributed by atoms with van der Waals surface area (Å²) in [5.41, 5.74) is 12.5. The first-order valence-corrected chi connectivity index (χ1v) is 42.5. The Morgan fingerprint density at radius 1 is 0.581 bits per heavy atom. The SMILES string of the molecule is C=CC1=C(C)c2cc3[nH]c(cc4nc(cc5[nH]c(cc1n2)c(C)c5CCC(=O)NCCOCCn1cc(CCCOC(=O)C[C@]2(C)/C5=C(\C)C6=N[C@@](C)(C7N/C(=C(/C)C8=N/C(=C\C(=N5)[C@H]2CCC(=O)OC)C(C)(C)[C@@H]8CCC(=O)OC)[C@](C)(CCC(=O)OC)[C@H]7CC(=O)OC)[C@@](C)(CC(=O)OC)[C@@H]6CCC(=O)OC)nn1)C(CCC(=O)O)=C4C)c(C)c3C=C. The number of carbonyl (C=O) groups is 9.